The summed E-state index contributed by atoms with van der Waals surface area (Å²) >= 11 is 0. The molecular weight excluding hydrogens is 447 g/mol. The SMILES string of the molecule is C[C@@H](C(=O)O)c1ccc(NC(=O)c2cnn3cccc(Cc4ccc(C(F)(F)F)cc4)c23)cc1. The number of fused-ring (bicyclic) bond motifs is 1. The molecule has 34 heavy (non-hydrogen) atoms. The van der Waals surface area contributed by atoms with Crippen LogP contribution in [0.15, 0.2) is 73.1 Å². The van der Waals surface area contributed by atoms with Crippen LogP contribution < -0.4 is 5.32 Å². The van der Waals surface area contributed by atoms with Gasteiger partial charge < -0.3 is 10.4 Å². The Morgan fingerprint density at radius 2 is 1.74 bits per heavy atom. The summed E-state index contributed by atoms with van der Waals surface area (Å²) in [7, 11) is 0. The van der Waals surface area contributed by atoms with Gasteiger partial charge in [0.05, 0.1) is 28.8 Å². The number of carboxylic acids is 1. The first kappa shape index (κ1) is 23.0. The molecule has 0 aliphatic carbocycles. The smallest absolute Gasteiger partial charge is 0.416 e. The Balaban J connectivity index is 1.58. The van der Waals surface area contributed by atoms with E-state index in [2.05, 4.69) is 10.4 Å². The van der Waals surface area contributed by atoms with Gasteiger partial charge in [0.15, 0.2) is 0 Å². The standard InChI is InChI=1S/C25H20F3N3O3/c1-15(24(33)34)17-6-10-20(11-7-17)30-23(32)21-14-29-31-12-2-3-18(22(21)31)13-16-4-8-19(9-5-16)25(26,27)28/h2-12,14-15H,13H2,1H3,(H,30,32)(H,33,34)/t15-/m1/s1. The quantitative estimate of drug-likeness (QED) is 0.399. The summed E-state index contributed by atoms with van der Waals surface area (Å²) in [5, 5.41) is 16.1. The van der Waals surface area contributed by atoms with Gasteiger partial charge in [-0.15, -0.1) is 0 Å². The van der Waals surface area contributed by atoms with E-state index in [0.29, 0.717) is 34.3 Å². The molecule has 0 spiro atoms. The second kappa shape index (κ2) is 9.01. The third kappa shape index (κ3) is 4.78. The van der Waals surface area contributed by atoms with Gasteiger partial charge in [0.25, 0.3) is 5.91 Å². The lowest BCUT2D eigenvalue weighted by Gasteiger charge is -2.10. The maximum Gasteiger partial charge on any atom is 0.416 e. The third-order valence-electron chi connectivity index (χ3n) is 5.58. The van der Waals surface area contributed by atoms with Crippen molar-refractivity contribution in [2.75, 3.05) is 5.32 Å². The zero-order chi connectivity index (χ0) is 24.5. The van der Waals surface area contributed by atoms with Crippen molar-refractivity contribution < 1.29 is 27.9 Å². The number of nitrogens with zero attached hydrogens (tertiary/aromatic N) is 2. The molecule has 0 bridgehead atoms. The number of hydrogen-bond donors (Lipinski definition) is 2. The highest BCUT2D eigenvalue weighted by atomic mass is 19.4. The lowest BCUT2D eigenvalue weighted by molar-refractivity contribution is -0.138. The predicted octanol–water partition coefficient (Wildman–Crippen LogP) is 5.38. The summed E-state index contributed by atoms with van der Waals surface area (Å²) in [6, 6.07) is 15.0. The lowest BCUT2D eigenvalue weighted by Crippen LogP contribution is -2.13. The summed E-state index contributed by atoms with van der Waals surface area (Å²) < 4.78 is 40.1. The van der Waals surface area contributed by atoms with Gasteiger partial charge in [-0.25, -0.2) is 4.52 Å². The van der Waals surface area contributed by atoms with Gasteiger partial charge in [-0.05, 0) is 60.4 Å². The molecule has 0 saturated heterocycles. The summed E-state index contributed by atoms with van der Waals surface area (Å²) in [6.07, 6.45) is -0.971. The Morgan fingerprint density at radius 1 is 1.06 bits per heavy atom. The number of alkyl halides is 3. The fourth-order valence-corrected chi connectivity index (χ4v) is 3.65. The zero-order valence-corrected chi connectivity index (χ0v) is 18.0. The number of aromatic nitrogens is 2. The van der Waals surface area contributed by atoms with Crippen LogP contribution in [0.5, 0.6) is 0 Å². The topological polar surface area (TPSA) is 83.7 Å². The Kier molecular flexibility index (Phi) is 6.10. The number of rotatable bonds is 6. The molecule has 1 amide bonds. The molecule has 1 atom stereocenters. The first-order valence-corrected chi connectivity index (χ1v) is 10.4. The minimum Gasteiger partial charge on any atom is -0.481 e. The van der Waals surface area contributed by atoms with E-state index < -0.39 is 29.5 Å². The molecule has 2 N–H and O–H groups in total. The van der Waals surface area contributed by atoms with Gasteiger partial charge in [-0.2, -0.15) is 18.3 Å². The number of carbonyl (C=O) groups excluding carboxylic acids is 1. The van der Waals surface area contributed by atoms with Crippen LogP contribution in [0.3, 0.4) is 0 Å². The van der Waals surface area contributed by atoms with E-state index in [4.69, 9.17) is 5.11 Å². The average molecular weight is 467 g/mol. The first-order chi connectivity index (χ1) is 16.1. The van der Waals surface area contributed by atoms with E-state index in [9.17, 15) is 22.8 Å². The Bertz CT molecular complexity index is 1340. The van der Waals surface area contributed by atoms with Gasteiger partial charge >= 0.3 is 12.1 Å². The number of pyridine rings is 1. The molecule has 0 unspecified atom stereocenters. The molecule has 0 fully saturated rings. The van der Waals surface area contributed by atoms with Crippen LogP contribution in [0, 0.1) is 0 Å². The molecule has 0 aliphatic heterocycles. The van der Waals surface area contributed by atoms with Crippen molar-refractivity contribution in [1.29, 1.82) is 0 Å². The minimum atomic E-state index is -4.40. The number of anilines is 1. The fraction of sp³-hybridized carbons (Fsp3) is 0.160. The van der Waals surface area contributed by atoms with Crippen LogP contribution >= 0.6 is 0 Å². The Morgan fingerprint density at radius 3 is 2.35 bits per heavy atom. The van der Waals surface area contributed by atoms with E-state index in [1.54, 1.807) is 54.0 Å². The number of nitrogens with one attached hydrogen (secondary N) is 1. The van der Waals surface area contributed by atoms with Crippen molar-refractivity contribution >= 4 is 23.1 Å². The number of benzene rings is 2. The van der Waals surface area contributed by atoms with Crippen molar-refractivity contribution in [2.24, 2.45) is 0 Å². The number of carbonyl (C=O) groups is 2. The van der Waals surface area contributed by atoms with Crippen molar-refractivity contribution in [1.82, 2.24) is 9.61 Å². The van der Waals surface area contributed by atoms with Crippen LogP contribution in [0.25, 0.3) is 5.52 Å². The number of amides is 1. The third-order valence-corrected chi connectivity index (χ3v) is 5.58. The maximum absolute atomic E-state index is 13.0. The predicted molar refractivity (Wildman–Crippen MR) is 120 cm³/mol. The lowest BCUT2D eigenvalue weighted by atomic mass is 10.0. The van der Waals surface area contributed by atoms with E-state index in [1.807, 2.05) is 0 Å². The number of aliphatic carboxylic acids is 1. The molecule has 2 heterocycles. The van der Waals surface area contributed by atoms with Crippen LogP contribution in [0.4, 0.5) is 18.9 Å². The fourth-order valence-electron chi connectivity index (χ4n) is 3.65. The molecule has 0 saturated carbocycles. The largest absolute Gasteiger partial charge is 0.481 e. The van der Waals surface area contributed by atoms with Crippen LogP contribution in [0.2, 0.25) is 0 Å². The molecule has 2 aromatic heterocycles. The van der Waals surface area contributed by atoms with Crippen LogP contribution in [0.1, 0.15) is 45.5 Å². The van der Waals surface area contributed by atoms with Gasteiger partial charge in [0.2, 0.25) is 0 Å². The van der Waals surface area contributed by atoms with Crippen molar-refractivity contribution in [3.63, 3.8) is 0 Å². The van der Waals surface area contributed by atoms with E-state index in [1.165, 1.54) is 18.3 Å². The first-order valence-electron chi connectivity index (χ1n) is 10.4. The van der Waals surface area contributed by atoms with Gasteiger partial charge in [0, 0.05) is 11.9 Å². The zero-order valence-electron chi connectivity index (χ0n) is 18.0. The molecular formula is C25H20F3N3O3. The highest BCUT2D eigenvalue weighted by Gasteiger charge is 2.30. The number of halogens is 3. The van der Waals surface area contributed by atoms with Crippen molar-refractivity contribution in [2.45, 2.75) is 25.4 Å². The number of hydrogen-bond acceptors (Lipinski definition) is 3. The molecule has 6 nitrogen and oxygen atoms in total. The molecule has 2 aromatic carbocycles. The maximum atomic E-state index is 13.0. The Labute approximate surface area is 192 Å². The van der Waals surface area contributed by atoms with Gasteiger partial charge in [0.1, 0.15) is 0 Å². The van der Waals surface area contributed by atoms with E-state index >= 15 is 0 Å². The summed E-state index contributed by atoms with van der Waals surface area (Å²) in [4.78, 5) is 24.1. The minimum absolute atomic E-state index is 0.311. The van der Waals surface area contributed by atoms with E-state index in [-0.39, 0.29) is 0 Å². The van der Waals surface area contributed by atoms with Crippen molar-refractivity contribution in [3.8, 4) is 0 Å². The molecule has 0 aliphatic rings. The van der Waals surface area contributed by atoms with Gasteiger partial charge in [-0.3, -0.25) is 9.59 Å². The molecule has 4 aromatic rings. The molecule has 0 radical (unpaired) electrons. The second-order valence-electron chi connectivity index (χ2n) is 7.89. The summed E-state index contributed by atoms with van der Waals surface area (Å²) in [6.45, 7) is 1.58. The van der Waals surface area contributed by atoms with Crippen LogP contribution in [-0.4, -0.2) is 26.6 Å². The Hall–Kier alpha value is -4.14. The van der Waals surface area contributed by atoms with Crippen LogP contribution in [-0.2, 0) is 17.4 Å². The van der Waals surface area contributed by atoms with E-state index in [0.717, 1.165) is 17.7 Å². The number of carboxylic acid groups (broad SMARTS) is 1. The molecule has 9 heteroatoms. The normalized spacial score (nSPS) is 12.5. The highest BCUT2D eigenvalue weighted by Crippen LogP contribution is 2.30. The molecule has 4 rings (SSSR count). The summed E-state index contributed by atoms with van der Waals surface area (Å²) in [5.74, 6) is -2.02. The van der Waals surface area contributed by atoms with Crippen molar-refractivity contribution in [3.05, 3.63) is 101 Å². The molecule has 174 valence electrons. The second-order valence-corrected chi connectivity index (χ2v) is 7.89. The average Bonchev–Trinajstić information content (AvgIpc) is 3.24. The summed E-state index contributed by atoms with van der Waals surface area (Å²) in [5.41, 5.74) is 2.64. The monoisotopic (exact) mass is 467 g/mol. The van der Waals surface area contributed by atoms with Gasteiger partial charge in [-0.1, -0.05) is 30.3 Å². The highest BCUT2D eigenvalue weighted by molar-refractivity contribution is 6.09.